The van der Waals surface area contributed by atoms with E-state index in [0.717, 1.165) is 18.3 Å². The molecule has 1 aliphatic carbocycles. The van der Waals surface area contributed by atoms with Crippen molar-refractivity contribution in [3.8, 4) is 0 Å². The predicted octanol–water partition coefficient (Wildman–Crippen LogP) is 1.01. The Morgan fingerprint density at radius 3 is 2.67 bits per heavy atom. The maximum absolute atomic E-state index is 5.74. The standard InChI is InChI=1S/C9H17N3/c1-6-5-12(11-9(6)10)7(2)8-3-4-8/h6-8H,3-5H2,1-2H3,(H2,10,11). The van der Waals surface area contributed by atoms with Crippen LogP contribution < -0.4 is 5.73 Å². The Morgan fingerprint density at radius 2 is 2.25 bits per heavy atom. The van der Waals surface area contributed by atoms with Crippen molar-refractivity contribution < 1.29 is 0 Å². The van der Waals surface area contributed by atoms with Crippen molar-refractivity contribution in [2.45, 2.75) is 32.7 Å². The Kier molecular flexibility index (Phi) is 1.74. The first-order valence-electron chi connectivity index (χ1n) is 4.79. The molecule has 2 unspecified atom stereocenters. The van der Waals surface area contributed by atoms with E-state index in [0.29, 0.717) is 12.0 Å². The number of nitrogens with two attached hydrogens (primary N) is 1. The third-order valence-corrected chi connectivity index (χ3v) is 2.98. The summed E-state index contributed by atoms with van der Waals surface area (Å²) in [7, 11) is 0. The minimum Gasteiger partial charge on any atom is -0.385 e. The molecule has 2 N–H and O–H groups in total. The smallest absolute Gasteiger partial charge is 0.124 e. The molecule has 3 heteroatoms. The van der Waals surface area contributed by atoms with Crippen LogP contribution in [0, 0.1) is 11.8 Å². The van der Waals surface area contributed by atoms with Crippen LogP contribution in [0.4, 0.5) is 0 Å². The molecule has 1 aliphatic heterocycles. The normalized spacial score (nSPS) is 32.0. The highest BCUT2D eigenvalue weighted by Crippen LogP contribution is 2.36. The minimum absolute atomic E-state index is 0.450. The van der Waals surface area contributed by atoms with E-state index >= 15 is 0 Å². The van der Waals surface area contributed by atoms with Gasteiger partial charge < -0.3 is 5.73 Å². The van der Waals surface area contributed by atoms with E-state index < -0.39 is 0 Å². The second kappa shape index (κ2) is 2.64. The molecule has 2 atom stereocenters. The molecule has 0 aromatic carbocycles. The SMILES string of the molecule is CC1CN(C(C)C2CC2)N=C1N. The molecule has 1 saturated carbocycles. The monoisotopic (exact) mass is 167 g/mol. The van der Waals surface area contributed by atoms with Gasteiger partial charge in [0.1, 0.15) is 5.84 Å². The molecule has 1 heterocycles. The average Bonchev–Trinajstić information content (AvgIpc) is 2.80. The molecular formula is C9H17N3. The van der Waals surface area contributed by atoms with Crippen molar-refractivity contribution in [3.63, 3.8) is 0 Å². The predicted molar refractivity (Wildman–Crippen MR) is 49.7 cm³/mol. The van der Waals surface area contributed by atoms with Gasteiger partial charge in [-0.1, -0.05) is 6.92 Å². The lowest BCUT2D eigenvalue weighted by molar-refractivity contribution is 0.207. The zero-order chi connectivity index (χ0) is 8.72. The van der Waals surface area contributed by atoms with E-state index in [4.69, 9.17) is 5.73 Å². The van der Waals surface area contributed by atoms with Crippen LogP contribution in [0.3, 0.4) is 0 Å². The Hall–Kier alpha value is -0.730. The van der Waals surface area contributed by atoms with Gasteiger partial charge in [-0.25, -0.2) is 0 Å². The van der Waals surface area contributed by atoms with Crippen LogP contribution >= 0.6 is 0 Å². The molecule has 0 aromatic rings. The van der Waals surface area contributed by atoms with Crippen molar-refractivity contribution >= 4 is 5.84 Å². The van der Waals surface area contributed by atoms with Crippen LogP contribution in [0.2, 0.25) is 0 Å². The first-order valence-corrected chi connectivity index (χ1v) is 4.79. The van der Waals surface area contributed by atoms with Crippen molar-refractivity contribution in [1.29, 1.82) is 0 Å². The second-order valence-electron chi connectivity index (χ2n) is 4.13. The molecule has 0 aromatic heterocycles. The highest BCUT2D eigenvalue weighted by atomic mass is 15.5. The summed E-state index contributed by atoms with van der Waals surface area (Å²) in [5.41, 5.74) is 5.74. The van der Waals surface area contributed by atoms with Crippen LogP contribution in [-0.4, -0.2) is 23.4 Å². The summed E-state index contributed by atoms with van der Waals surface area (Å²) < 4.78 is 0. The summed E-state index contributed by atoms with van der Waals surface area (Å²) >= 11 is 0. The second-order valence-corrected chi connectivity index (χ2v) is 4.13. The van der Waals surface area contributed by atoms with E-state index in [1.165, 1.54) is 12.8 Å². The van der Waals surface area contributed by atoms with Gasteiger partial charge in [-0.05, 0) is 25.7 Å². The number of hydrazone groups is 1. The molecule has 1 fully saturated rings. The molecule has 2 aliphatic rings. The Balaban J connectivity index is 1.97. The highest BCUT2D eigenvalue weighted by Gasteiger charge is 2.34. The molecule has 2 rings (SSSR count). The van der Waals surface area contributed by atoms with Gasteiger partial charge in [0, 0.05) is 18.5 Å². The molecule has 3 nitrogen and oxygen atoms in total. The molecular weight excluding hydrogens is 150 g/mol. The summed E-state index contributed by atoms with van der Waals surface area (Å²) in [5, 5.41) is 6.52. The Labute approximate surface area is 73.6 Å². The quantitative estimate of drug-likeness (QED) is 0.667. The fourth-order valence-corrected chi connectivity index (χ4v) is 1.74. The van der Waals surface area contributed by atoms with E-state index in [1.54, 1.807) is 0 Å². The van der Waals surface area contributed by atoms with E-state index in [2.05, 4.69) is 24.0 Å². The number of hydrogen-bond acceptors (Lipinski definition) is 3. The topological polar surface area (TPSA) is 41.6 Å². The number of rotatable bonds is 2. The van der Waals surface area contributed by atoms with Gasteiger partial charge in [0.15, 0.2) is 0 Å². The molecule has 0 spiro atoms. The largest absolute Gasteiger partial charge is 0.385 e. The third-order valence-electron chi connectivity index (χ3n) is 2.98. The van der Waals surface area contributed by atoms with Crippen LogP contribution in [-0.2, 0) is 0 Å². The van der Waals surface area contributed by atoms with Gasteiger partial charge in [-0.15, -0.1) is 0 Å². The molecule has 12 heavy (non-hydrogen) atoms. The average molecular weight is 167 g/mol. The van der Waals surface area contributed by atoms with E-state index in [9.17, 15) is 0 Å². The van der Waals surface area contributed by atoms with Crippen LogP contribution in [0.5, 0.6) is 0 Å². The van der Waals surface area contributed by atoms with Crippen LogP contribution in [0.1, 0.15) is 26.7 Å². The van der Waals surface area contributed by atoms with Gasteiger partial charge in [-0.2, -0.15) is 5.10 Å². The summed E-state index contributed by atoms with van der Waals surface area (Å²) in [4.78, 5) is 0. The molecule has 0 radical (unpaired) electrons. The maximum atomic E-state index is 5.74. The van der Waals surface area contributed by atoms with Gasteiger partial charge in [-0.3, -0.25) is 5.01 Å². The highest BCUT2D eigenvalue weighted by molar-refractivity contribution is 5.83. The van der Waals surface area contributed by atoms with Crippen LogP contribution in [0.15, 0.2) is 5.10 Å². The number of amidine groups is 1. The van der Waals surface area contributed by atoms with Gasteiger partial charge in [0.05, 0.1) is 0 Å². The van der Waals surface area contributed by atoms with Gasteiger partial charge in [0.2, 0.25) is 0 Å². The summed E-state index contributed by atoms with van der Waals surface area (Å²) in [5.74, 6) is 2.14. The summed E-state index contributed by atoms with van der Waals surface area (Å²) in [6.07, 6.45) is 2.75. The zero-order valence-corrected chi connectivity index (χ0v) is 7.83. The van der Waals surface area contributed by atoms with E-state index in [-0.39, 0.29) is 0 Å². The lowest BCUT2D eigenvalue weighted by Crippen LogP contribution is -2.29. The minimum atomic E-state index is 0.450. The number of nitrogens with zero attached hydrogens (tertiary/aromatic N) is 2. The first-order chi connectivity index (χ1) is 5.68. The summed E-state index contributed by atoms with van der Waals surface area (Å²) in [6.45, 7) is 5.41. The Bertz CT molecular complexity index is 208. The summed E-state index contributed by atoms with van der Waals surface area (Å²) in [6, 6.07) is 0.605. The maximum Gasteiger partial charge on any atom is 0.124 e. The fourth-order valence-electron chi connectivity index (χ4n) is 1.74. The molecule has 0 saturated heterocycles. The van der Waals surface area contributed by atoms with Gasteiger partial charge >= 0.3 is 0 Å². The van der Waals surface area contributed by atoms with Crippen molar-refractivity contribution in [2.24, 2.45) is 22.7 Å². The third kappa shape index (κ3) is 1.28. The lowest BCUT2D eigenvalue weighted by atomic mass is 10.1. The van der Waals surface area contributed by atoms with E-state index in [1.807, 2.05) is 0 Å². The lowest BCUT2D eigenvalue weighted by Gasteiger charge is -2.22. The Morgan fingerprint density at radius 1 is 1.58 bits per heavy atom. The van der Waals surface area contributed by atoms with Crippen molar-refractivity contribution in [1.82, 2.24) is 5.01 Å². The van der Waals surface area contributed by atoms with Crippen molar-refractivity contribution in [3.05, 3.63) is 0 Å². The fraction of sp³-hybridized carbons (Fsp3) is 0.889. The molecule has 0 amide bonds. The first kappa shape index (κ1) is 7.90. The molecule has 68 valence electrons. The van der Waals surface area contributed by atoms with Crippen molar-refractivity contribution in [2.75, 3.05) is 6.54 Å². The molecule has 0 bridgehead atoms. The number of hydrogen-bond donors (Lipinski definition) is 1. The van der Waals surface area contributed by atoms with Gasteiger partial charge in [0.25, 0.3) is 0 Å². The zero-order valence-electron chi connectivity index (χ0n) is 7.83. The van der Waals surface area contributed by atoms with Crippen LogP contribution in [0.25, 0.3) is 0 Å².